The summed E-state index contributed by atoms with van der Waals surface area (Å²) >= 11 is 0. The van der Waals surface area contributed by atoms with E-state index in [1.807, 2.05) is 0 Å². The Morgan fingerprint density at radius 3 is 2.39 bits per heavy atom. The molecule has 2 heterocycles. The molecule has 0 bridgehead atoms. The number of nitrogens with zero attached hydrogens (tertiary/aromatic N) is 2. The smallest absolute Gasteiger partial charge is 0.0698 e. The van der Waals surface area contributed by atoms with Gasteiger partial charge in [0.1, 0.15) is 0 Å². The van der Waals surface area contributed by atoms with Crippen molar-refractivity contribution in [3.05, 3.63) is 0 Å². The van der Waals surface area contributed by atoms with E-state index < -0.39 is 0 Å². The lowest BCUT2D eigenvalue weighted by molar-refractivity contribution is -0.151. The molecule has 0 radical (unpaired) electrons. The number of ether oxygens (including phenoxy) is 1. The van der Waals surface area contributed by atoms with Crippen LogP contribution in [-0.2, 0) is 4.74 Å². The first-order valence-electron chi connectivity index (χ1n) is 13.7. The molecule has 2 aliphatic heterocycles. The Kier molecular flexibility index (Phi) is 5.49. The van der Waals surface area contributed by atoms with Gasteiger partial charge in [0.2, 0.25) is 0 Å². The number of morpholine rings is 1. The molecule has 0 aromatic rings. The molecular weight excluding hydrogens is 384 g/mol. The fourth-order valence-corrected chi connectivity index (χ4v) is 9.96. The van der Waals surface area contributed by atoms with E-state index in [1.54, 1.807) is 0 Å². The quantitative estimate of drug-likeness (QED) is 0.713. The number of aliphatic hydroxyl groups excluding tert-OH is 1. The van der Waals surface area contributed by atoms with Crippen LogP contribution in [0.25, 0.3) is 0 Å². The second-order valence-electron chi connectivity index (χ2n) is 12.9. The highest BCUT2D eigenvalue weighted by Gasteiger charge is 2.61. The fourth-order valence-electron chi connectivity index (χ4n) is 9.96. The van der Waals surface area contributed by atoms with E-state index in [4.69, 9.17) is 4.74 Å². The summed E-state index contributed by atoms with van der Waals surface area (Å²) in [5, 5.41) is 11.1. The number of likely N-dealkylation sites (tertiary alicyclic amines) is 1. The zero-order valence-corrected chi connectivity index (χ0v) is 20.1. The molecule has 6 aliphatic rings. The van der Waals surface area contributed by atoms with Crippen molar-refractivity contribution >= 4 is 0 Å². The van der Waals surface area contributed by atoms with Crippen molar-refractivity contribution in [3.8, 4) is 0 Å². The SMILES string of the molecule is C[C@]12CC[C@H]3[C@@H](CC[C@H]4C[C@H](O)[C@@H](N5CCOCC5)C[C@@]43C)[C@@H]1C[C@H](N1CCCC1)C2. The van der Waals surface area contributed by atoms with Crippen molar-refractivity contribution in [3.63, 3.8) is 0 Å². The maximum absolute atomic E-state index is 11.1. The largest absolute Gasteiger partial charge is 0.391 e. The highest BCUT2D eigenvalue weighted by Crippen LogP contribution is 2.66. The molecule has 1 N–H and O–H groups in total. The number of rotatable bonds is 2. The number of hydrogen-bond donors (Lipinski definition) is 1. The molecule has 9 atom stereocenters. The van der Waals surface area contributed by atoms with Crippen molar-refractivity contribution in [2.24, 2.45) is 34.5 Å². The summed E-state index contributed by atoms with van der Waals surface area (Å²) in [7, 11) is 0. The van der Waals surface area contributed by atoms with Gasteiger partial charge in [-0.1, -0.05) is 13.8 Å². The first kappa shape index (κ1) is 21.4. The molecule has 0 unspecified atom stereocenters. The van der Waals surface area contributed by atoms with Gasteiger partial charge in [-0.05, 0) is 112 Å². The average Bonchev–Trinajstić information content (AvgIpc) is 3.42. The maximum Gasteiger partial charge on any atom is 0.0698 e. The lowest BCUT2D eigenvalue weighted by Gasteiger charge is -2.62. The molecule has 4 heteroatoms. The first-order chi connectivity index (χ1) is 15.0. The van der Waals surface area contributed by atoms with E-state index in [1.165, 1.54) is 70.9 Å². The molecule has 0 aromatic carbocycles. The standard InChI is InChI=1S/C27H46N2O2/c1-26-8-7-22-21(23(26)16-20(17-26)28-9-3-4-10-28)6-5-19-15-25(30)24(18-27(19,22)2)29-11-13-31-14-12-29/h19-25,30H,3-18H2,1-2H3/t19-,20-,21+,22-,23-,24-,25-,26+,27-/m0/s1. The zero-order valence-electron chi connectivity index (χ0n) is 20.1. The predicted octanol–water partition coefficient (Wildman–Crippen LogP) is 4.17. The van der Waals surface area contributed by atoms with E-state index in [-0.39, 0.29) is 6.10 Å². The third-order valence-corrected chi connectivity index (χ3v) is 11.6. The van der Waals surface area contributed by atoms with Crippen LogP contribution in [-0.4, -0.2) is 72.5 Å². The highest BCUT2D eigenvalue weighted by molar-refractivity contribution is 5.11. The van der Waals surface area contributed by atoms with E-state index in [2.05, 4.69) is 23.6 Å². The Bertz CT molecular complexity index is 660. The number of aliphatic hydroxyl groups is 1. The summed E-state index contributed by atoms with van der Waals surface area (Å²) in [5.41, 5.74) is 1.02. The molecule has 6 rings (SSSR count). The molecule has 2 saturated heterocycles. The van der Waals surface area contributed by atoms with Crippen LogP contribution in [0, 0.1) is 34.5 Å². The molecule has 0 spiro atoms. The van der Waals surface area contributed by atoms with E-state index in [0.29, 0.717) is 16.9 Å². The van der Waals surface area contributed by atoms with Gasteiger partial charge in [0.05, 0.1) is 19.3 Å². The second-order valence-corrected chi connectivity index (χ2v) is 12.9. The first-order valence-corrected chi connectivity index (χ1v) is 13.7. The Morgan fingerprint density at radius 1 is 0.839 bits per heavy atom. The molecule has 6 fully saturated rings. The van der Waals surface area contributed by atoms with Crippen LogP contribution >= 0.6 is 0 Å². The average molecular weight is 431 g/mol. The van der Waals surface area contributed by atoms with Crippen LogP contribution in [0.5, 0.6) is 0 Å². The van der Waals surface area contributed by atoms with Crippen molar-refractivity contribution in [2.45, 2.75) is 96.2 Å². The monoisotopic (exact) mass is 430 g/mol. The van der Waals surface area contributed by atoms with Gasteiger partial charge in [-0.3, -0.25) is 4.90 Å². The van der Waals surface area contributed by atoms with Crippen LogP contribution < -0.4 is 0 Å². The minimum Gasteiger partial charge on any atom is -0.391 e. The van der Waals surface area contributed by atoms with Crippen LogP contribution in [0.15, 0.2) is 0 Å². The zero-order chi connectivity index (χ0) is 21.2. The summed E-state index contributed by atoms with van der Waals surface area (Å²) in [6.07, 6.45) is 13.6. The predicted molar refractivity (Wildman–Crippen MR) is 124 cm³/mol. The summed E-state index contributed by atoms with van der Waals surface area (Å²) in [4.78, 5) is 5.43. The van der Waals surface area contributed by atoms with Crippen LogP contribution in [0.1, 0.15) is 78.1 Å². The second kappa shape index (κ2) is 7.96. The molecule has 31 heavy (non-hydrogen) atoms. The van der Waals surface area contributed by atoms with Gasteiger partial charge in [-0.2, -0.15) is 0 Å². The maximum atomic E-state index is 11.1. The topological polar surface area (TPSA) is 35.9 Å². The number of fused-ring (bicyclic) bond motifs is 5. The van der Waals surface area contributed by atoms with Gasteiger partial charge in [-0.25, -0.2) is 0 Å². The minimum absolute atomic E-state index is 0.132. The van der Waals surface area contributed by atoms with Crippen molar-refractivity contribution in [1.29, 1.82) is 0 Å². The summed E-state index contributed by atoms with van der Waals surface area (Å²) < 4.78 is 5.63. The Labute approximate surface area is 190 Å². The third-order valence-electron chi connectivity index (χ3n) is 11.6. The van der Waals surface area contributed by atoms with Gasteiger partial charge in [0, 0.05) is 25.2 Å². The van der Waals surface area contributed by atoms with Gasteiger partial charge in [0.25, 0.3) is 0 Å². The Hall–Kier alpha value is -0.160. The van der Waals surface area contributed by atoms with Crippen LogP contribution in [0.2, 0.25) is 0 Å². The lowest BCUT2D eigenvalue weighted by Crippen LogP contribution is -2.60. The van der Waals surface area contributed by atoms with Gasteiger partial charge in [-0.15, -0.1) is 0 Å². The molecule has 0 amide bonds. The molecule has 4 aliphatic carbocycles. The Morgan fingerprint density at radius 2 is 1.61 bits per heavy atom. The van der Waals surface area contributed by atoms with E-state index >= 15 is 0 Å². The van der Waals surface area contributed by atoms with Crippen molar-refractivity contribution in [1.82, 2.24) is 9.80 Å². The van der Waals surface area contributed by atoms with Gasteiger partial charge >= 0.3 is 0 Å². The molecular formula is C27H46N2O2. The van der Waals surface area contributed by atoms with Gasteiger partial charge < -0.3 is 14.7 Å². The Balaban J connectivity index is 1.23. The van der Waals surface area contributed by atoms with Crippen molar-refractivity contribution in [2.75, 3.05) is 39.4 Å². The van der Waals surface area contributed by atoms with E-state index in [0.717, 1.165) is 62.4 Å². The lowest BCUT2D eigenvalue weighted by atomic mass is 9.44. The van der Waals surface area contributed by atoms with Crippen LogP contribution in [0.4, 0.5) is 0 Å². The molecule has 4 nitrogen and oxygen atoms in total. The summed E-state index contributed by atoms with van der Waals surface area (Å²) in [6.45, 7) is 11.7. The molecule has 4 saturated carbocycles. The molecule has 176 valence electrons. The normalized spacial score (nSPS) is 53.7. The highest BCUT2D eigenvalue weighted by atomic mass is 16.5. The van der Waals surface area contributed by atoms with E-state index in [9.17, 15) is 5.11 Å². The van der Waals surface area contributed by atoms with Crippen molar-refractivity contribution < 1.29 is 9.84 Å². The van der Waals surface area contributed by atoms with Crippen LogP contribution in [0.3, 0.4) is 0 Å². The third kappa shape index (κ3) is 3.45. The summed E-state index contributed by atoms with van der Waals surface area (Å²) in [6, 6.07) is 1.23. The minimum atomic E-state index is -0.132. The summed E-state index contributed by atoms with van der Waals surface area (Å²) in [5.74, 6) is 3.51. The molecule has 0 aromatic heterocycles. The van der Waals surface area contributed by atoms with Gasteiger partial charge in [0.15, 0.2) is 0 Å². The fraction of sp³-hybridized carbons (Fsp3) is 1.00. The number of hydrogen-bond acceptors (Lipinski definition) is 4.